The van der Waals surface area contributed by atoms with Gasteiger partial charge in [-0.05, 0) is 64.2 Å². The first-order valence-electron chi connectivity index (χ1n) is 18.7. The Bertz CT molecular complexity index is 970. The molecule has 0 aliphatic rings. The Balaban J connectivity index is 4.63. The van der Waals surface area contributed by atoms with Crippen molar-refractivity contribution in [2.24, 2.45) is 0 Å². The lowest BCUT2D eigenvalue weighted by molar-refractivity contribution is -0.870. The van der Waals surface area contributed by atoms with E-state index >= 15 is 0 Å². The highest BCUT2D eigenvalue weighted by Gasteiger charge is 2.23. The van der Waals surface area contributed by atoms with Crippen LogP contribution >= 0.6 is 7.82 Å². The summed E-state index contributed by atoms with van der Waals surface area (Å²) in [6.07, 6.45) is 38.4. The van der Waals surface area contributed by atoms with Crippen molar-refractivity contribution in [2.75, 3.05) is 40.9 Å². The molecule has 278 valence electrons. The van der Waals surface area contributed by atoms with Crippen LogP contribution < -0.4 is 10.2 Å². The number of phosphoric ester groups is 1. The number of amides is 1. The third-order valence-electron chi connectivity index (χ3n) is 7.69. The number of allylic oxidation sites excluding steroid dienone is 9. The van der Waals surface area contributed by atoms with Crippen molar-refractivity contribution in [1.29, 1.82) is 0 Å². The number of phosphoric acid groups is 1. The largest absolute Gasteiger partial charge is 0.756 e. The first-order chi connectivity index (χ1) is 23.0. The van der Waals surface area contributed by atoms with E-state index in [1.807, 2.05) is 27.2 Å². The minimum absolute atomic E-state index is 0.0143. The van der Waals surface area contributed by atoms with Gasteiger partial charge in [-0.25, -0.2) is 0 Å². The van der Waals surface area contributed by atoms with E-state index in [0.717, 1.165) is 70.6 Å². The van der Waals surface area contributed by atoms with Gasteiger partial charge in [0.15, 0.2) is 0 Å². The Labute approximate surface area is 294 Å². The molecule has 0 radical (unpaired) electrons. The monoisotopic (exact) mass is 695 g/mol. The van der Waals surface area contributed by atoms with Crippen LogP contribution in [-0.2, 0) is 18.4 Å². The zero-order chi connectivity index (χ0) is 35.8. The van der Waals surface area contributed by atoms with Gasteiger partial charge in [-0.1, -0.05) is 120 Å². The summed E-state index contributed by atoms with van der Waals surface area (Å²) in [5.74, 6) is -0.230. The summed E-state index contributed by atoms with van der Waals surface area (Å²) < 4.78 is 23.0. The summed E-state index contributed by atoms with van der Waals surface area (Å²) >= 11 is 0. The molecule has 1 amide bonds. The van der Waals surface area contributed by atoms with Crippen LogP contribution in [-0.4, -0.2) is 68.5 Å². The van der Waals surface area contributed by atoms with E-state index in [2.05, 4.69) is 67.8 Å². The highest BCUT2D eigenvalue weighted by molar-refractivity contribution is 7.45. The van der Waals surface area contributed by atoms with Gasteiger partial charge < -0.3 is 28.8 Å². The molecule has 3 unspecified atom stereocenters. The van der Waals surface area contributed by atoms with Crippen LogP contribution in [0, 0.1) is 0 Å². The van der Waals surface area contributed by atoms with Crippen molar-refractivity contribution >= 4 is 13.7 Å². The predicted octanol–water partition coefficient (Wildman–Crippen LogP) is 8.88. The van der Waals surface area contributed by atoms with Gasteiger partial charge in [-0.15, -0.1) is 0 Å². The van der Waals surface area contributed by atoms with Crippen LogP contribution in [0.25, 0.3) is 0 Å². The van der Waals surface area contributed by atoms with E-state index in [0.29, 0.717) is 17.4 Å². The second kappa shape index (κ2) is 31.2. The lowest BCUT2D eigenvalue weighted by Gasteiger charge is -2.29. The van der Waals surface area contributed by atoms with Crippen molar-refractivity contribution in [1.82, 2.24) is 5.32 Å². The topological polar surface area (TPSA) is 108 Å². The van der Waals surface area contributed by atoms with Gasteiger partial charge in [0.2, 0.25) is 5.91 Å². The van der Waals surface area contributed by atoms with Gasteiger partial charge in [0, 0.05) is 6.42 Å². The fraction of sp³-hybridized carbons (Fsp3) is 0.718. The smallest absolute Gasteiger partial charge is 0.268 e. The van der Waals surface area contributed by atoms with Gasteiger partial charge in [0.05, 0.1) is 39.9 Å². The Kier molecular flexibility index (Phi) is 30.0. The molecule has 48 heavy (non-hydrogen) atoms. The van der Waals surface area contributed by atoms with Crippen LogP contribution in [0.2, 0.25) is 0 Å². The number of aliphatic hydroxyl groups excluding tert-OH is 1. The number of aliphatic hydroxyl groups is 1. The van der Waals surface area contributed by atoms with Crippen LogP contribution in [0.4, 0.5) is 0 Å². The summed E-state index contributed by atoms with van der Waals surface area (Å²) in [4.78, 5) is 25.1. The van der Waals surface area contributed by atoms with E-state index in [-0.39, 0.29) is 12.5 Å². The maximum absolute atomic E-state index is 12.7. The highest BCUT2D eigenvalue weighted by Crippen LogP contribution is 2.38. The minimum atomic E-state index is -4.59. The molecule has 0 aromatic carbocycles. The van der Waals surface area contributed by atoms with Crippen molar-refractivity contribution < 1.29 is 32.9 Å². The number of carbonyl (C=O) groups is 1. The number of likely N-dealkylation sites (N-methyl/N-ethyl adjacent to an activating group) is 1. The number of unbranched alkanes of at least 4 members (excludes halogenated alkanes) is 12. The molecule has 0 bridgehead atoms. The van der Waals surface area contributed by atoms with E-state index in [1.54, 1.807) is 6.08 Å². The molecule has 0 aliphatic carbocycles. The fourth-order valence-corrected chi connectivity index (χ4v) is 5.37. The van der Waals surface area contributed by atoms with Gasteiger partial charge in [0.1, 0.15) is 13.2 Å². The molecule has 0 spiro atoms. The molecule has 8 nitrogen and oxygen atoms in total. The van der Waals surface area contributed by atoms with Crippen LogP contribution in [0.15, 0.2) is 60.8 Å². The lowest BCUT2D eigenvalue weighted by Crippen LogP contribution is -2.45. The van der Waals surface area contributed by atoms with Gasteiger partial charge >= 0.3 is 0 Å². The van der Waals surface area contributed by atoms with Crippen LogP contribution in [0.5, 0.6) is 0 Å². The normalized spacial score (nSPS) is 15.4. The molecule has 3 atom stereocenters. The fourth-order valence-electron chi connectivity index (χ4n) is 4.65. The molecule has 0 saturated carbocycles. The zero-order valence-corrected chi connectivity index (χ0v) is 32.1. The molecule has 0 fully saturated rings. The third kappa shape index (κ3) is 32.7. The van der Waals surface area contributed by atoms with E-state index < -0.39 is 26.6 Å². The maximum Gasteiger partial charge on any atom is 0.268 e. The first kappa shape index (κ1) is 46.2. The predicted molar refractivity (Wildman–Crippen MR) is 201 cm³/mol. The second-order valence-corrected chi connectivity index (χ2v) is 15.0. The third-order valence-corrected chi connectivity index (χ3v) is 8.65. The van der Waals surface area contributed by atoms with Gasteiger partial charge in [-0.2, -0.15) is 0 Å². The number of carbonyl (C=O) groups excluding carboxylic acids is 1. The lowest BCUT2D eigenvalue weighted by atomic mass is 10.1. The first-order valence-corrected chi connectivity index (χ1v) is 20.1. The molecular formula is C39H71N2O6P. The Morgan fingerprint density at radius 1 is 0.729 bits per heavy atom. The molecule has 9 heteroatoms. The Morgan fingerprint density at radius 3 is 1.85 bits per heavy atom. The molecular weight excluding hydrogens is 623 g/mol. The van der Waals surface area contributed by atoms with Crippen molar-refractivity contribution in [3.63, 3.8) is 0 Å². The Morgan fingerprint density at radius 2 is 1.27 bits per heavy atom. The SMILES string of the molecule is CCC/C=C/CC/C=C/CC/C=C/C(O)C(COP(=O)([O-])OCC[N+](C)(C)C)NC(=O)CCCCCCCC/C=C\C=C/CCCCC. The molecule has 0 aromatic rings. The average Bonchev–Trinajstić information content (AvgIpc) is 3.02. The highest BCUT2D eigenvalue weighted by atomic mass is 31.2. The summed E-state index contributed by atoms with van der Waals surface area (Å²) in [5, 5.41) is 13.6. The number of nitrogens with zero attached hydrogens (tertiary/aromatic N) is 1. The van der Waals surface area contributed by atoms with Crippen LogP contribution in [0.3, 0.4) is 0 Å². The van der Waals surface area contributed by atoms with Crippen LogP contribution in [0.1, 0.15) is 129 Å². The number of nitrogens with one attached hydrogen (secondary N) is 1. The summed E-state index contributed by atoms with van der Waals surface area (Å²) in [5.41, 5.74) is 0. The second-order valence-electron chi connectivity index (χ2n) is 13.6. The zero-order valence-electron chi connectivity index (χ0n) is 31.2. The Hall–Kier alpha value is -1.80. The number of hydrogen-bond acceptors (Lipinski definition) is 6. The summed E-state index contributed by atoms with van der Waals surface area (Å²) in [7, 11) is 1.21. The number of hydrogen-bond donors (Lipinski definition) is 2. The molecule has 2 N–H and O–H groups in total. The minimum Gasteiger partial charge on any atom is -0.756 e. The van der Waals surface area contributed by atoms with Crippen molar-refractivity contribution in [3.05, 3.63) is 60.8 Å². The molecule has 0 saturated heterocycles. The standard InChI is InChI=1S/C39H71N2O6P/c1-6-8-10-12-14-16-18-19-20-21-23-25-27-29-31-33-39(43)40-37(36-47-48(44,45)46-35-34-41(3,4)5)38(42)32-30-28-26-24-22-17-15-13-11-9-7-2/h11,13-14,16,18-19,22,24,30,32,37-38,42H,6-10,12,15,17,20-21,23,25-29,31,33-36H2,1-5H3,(H-,40,43,44,45)/b13-11+,16-14-,19-18-,24-22+,32-30+. The van der Waals surface area contributed by atoms with E-state index in [4.69, 9.17) is 9.05 Å². The van der Waals surface area contributed by atoms with E-state index in [1.165, 1.54) is 38.5 Å². The summed E-state index contributed by atoms with van der Waals surface area (Å²) in [6.45, 7) is 4.46. The number of quaternary nitrogens is 1. The van der Waals surface area contributed by atoms with Crippen molar-refractivity contribution in [3.8, 4) is 0 Å². The molecule has 0 heterocycles. The molecule has 0 aliphatic heterocycles. The average molecular weight is 695 g/mol. The van der Waals surface area contributed by atoms with Gasteiger partial charge in [-0.3, -0.25) is 9.36 Å². The maximum atomic E-state index is 12.7. The molecule has 0 rings (SSSR count). The molecule has 0 aromatic heterocycles. The van der Waals surface area contributed by atoms with Crippen molar-refractivity contribution in [2.45, 2.75) is 142 Å². The summed E-state index contributed by atoms with van der Waals surface area (Å²) in [6, 6.07) is -0.914. The van der Waals surface area contributed by atoms with E-state index in [9.17, 15) is 19.4 Å². The van der Waals surface area contributed by atoms with Gasteiger partial charge in [0.25, 0.3) is 7.82 Å². The quantitative estimate of drug-likeness (QED) is 0.0240. The number of rotatable bonds is 32.